The summed E-state index contributed by atoms with van der Waals surface area (Å²) in [5.41, 5.74) is 0.429. The van der Waals surface area contributed by atoms with Crippen molar-refractivity contribution in [2.24, 2.45) is 0 Å². The van der Waals surface area contributed by atoms with Crippen LogP contribution in [0.3, 0.4) is 0 Å². The van der Waals surface area contributed by atoms with Crippen LogP contribution >= 0.6 is 0 Å². The van der Waals surface area contributed by atoms with E-state index in [1.54, 1.807) is 24.6 Å². The summed E-state index contributed by atoms with van der Waals surface area (Å²) in [6.07, 6.45) is -19.8. The van der Waals surface area contributed by atoms with Crippen molar-refractivity contribution in [2.75, 3.05) is 134 Å². The number of rotatable bonds is 45. The molecular weight excluding hydrogens is 1210 g/mol. The summed E-state index contributed by atoms with van der Waals surface area (Å²) >= 11 is 0. The van der Waals surface area contributed by atoms with E-state index in [4.69, 9.17) is 108 Å². The summed E-state index contributed by atoms with van der Waals surface area (Å²) in [6.45, 7) is -55.0. The molecule has 20 heteroatoms. The molecule has 540 valence electrons. The molecular formula is C75H125N5O15. The van der Waals surface area contributed by atoms with Crippen LogP contribution in [-0.4, -0.2) is 220 Å². The van der Waals surface area contributed by atoms with Crippen molar-refractivity contribution in [1.82, 2.24) is 26.6 Å². The van der Waals surface area contributed by atoms with E-state index in [0.29, 0.717) is 13.0 Å². The van der Waals surface area contributed by atoms with Gasteiger partial charge in [0.05, 0.1) is 57.5 Å². The lowest BCUT2D eigenvalue weighted by Crippen LogP contribution is -2.35. The Balaban J connectivity index is 0.000000958. The fraction of sp³-hybridized carbons (Fsp3) is 0.600. The first-order valence-electron chi connectivity index (χ1n) is 56.9. The molecule has 5 aromatic rings. The van der Waals surface area contributed by atoms with Crippen LogP contribution in [0.5, 0.6) is 28.7 Å². The molecule has 0 radical (unpaired) electrons. The standard InChI is InChI=1S/5C15H25NO3/c5*1-12(2)16-10-14(17)11-19-15-6-4-13(5-7-15)8-9-18-3/h5*4-7,12,14,16-17H,8-11H2,1-3H3/i1D3,2D3,8D2,9D2,10D2,11D2;1D3,2D3,3D3,8D2,9D2,14D;1D3,2D3,8D2,9D2,11D2;1D3,2D3,8D2,9D2;1D3,2D3,11D2. The Morgan fingerprint density at radius 3 is 1.00 bits per heavy atom. The van der Waals surface area contributed by atoms with Crippen LogP contribution in [0.2, 0.25) is 0 Å². The number of aliphatic hydroxyl groups is 5. The fourth-order valence-corrected chi connectivity index (χ4v) is 5.91. The second-order valence-corrected chi connectivity index (χ2v) is 18.1. The molecule has 0 heterocycles. The largest absolute Gasteiger partial charge is 0.491 e. The lowest BCUT2D eigenvalue weighted by atomic mass is 10.1. The molecule has 5 unspecified atom stereocenters. The maximum absolute atomic E-state index is 10.2. The van der Waals surface area contributed by atoms with Gasteiger partial charge in [-0.2, -0.15) is 0 Å². The highest BCUT2D eigenvalue weighted by molar-refractivity contribution is 5.31. The van der Waals surface area contributed by atoms with Gasteiger partial charge in [0.1, 0.15) is 92.1 Å². The van der Waals surface area contributed by atoms with Crippen LogP contribution < -0.4 is 50.3 Å². The van der Waals surface area contributed by atoms with Crippen molar-refractivity contribution in [3.63, 3.8) is 0 Å². The van der Waals surface area contributed by atoms with Gasteiger partial charge in [-0.25, -0.2) is 0 Å². The van der Waals surface area contributed by atoms with Gasteiger partial charge < -0.3 is 99.5 Å². The van der Waals surface area contributed by atoms with Gasteiger partial charge in [0, 0.05) is 153 Å². The molecule has 5 atom stereocenters. The van der Waals surface area contributed by atoms with Crippen LogP contribution in [0.1, 0.15) is 176 Å². The Labute approximate surface area is 652 Å². The molecule has 20 nitrogen and oxygen atoms in total. The number of benzene rings is 5. The number of hydrogen-bond donors (Lipinski definition) is 10. The minimum Gasteiger partial charge on any atom is -0.491 e. The molecule has 5 rings (SSSR count). The van der Waals surface area contributed by atoms with Crippen LogP contribution in [-0.2, 0) is 55.6 Å². The quantitative estimate of drug-likeness (QED) is 0.0177. The van der Waals surface area contributed by atoms with Crippen LogP contribution in [0.15, 0.2) is 121 Å². The van der Waals surface area contributed by atoms with E-state index in [-0.39, 0.29) is 64.2 Å². The Morgan fingerprint density at radius 1 is 0.347 bits per heavy atom. The maximum Gasteiger partial charge on any atom is 0.119 e. The maximum atomic E-state index is 10.2. The molecule has 10 N–H and O–H groups in total. The lowest BCUT2D eigenvalue weighted by molar-refractivity contribution is 0.104. The van der Waals surface area contributed by atoms with Gasteiger partial charge in [0.2, 0.25) is 0 Å². The monoisotopic (exact) mass is 1390 g/mol. The zero-order chi connectivity index (χ0) is 120. The van der Waals surface area contributed by atoms with E-state index in [1.165, 1.54) is 48.5 Å². The second-order valence-electron chi connectivity index (χ2n) is 18.1. The molecule has 0 amide bonds. The van der Waals surface area contributed by atoms with E-state index in [2.05, 4.69) is 40.2 Å². The molecule has 0 aliphatic rings. The zero-order valence-electron chi connectivity index (χ0n) is 110. The molecule has 0 aliphatic carbocycles. The molecule has 0 aliphatic heterocycles. The predicted molar refractivity (Wildman–Crippen MR) is 383 cm³/mol. The smallest absolute Gasteiger partial charge is 0.119 e. The second kappa shape index (κ2) is 56.5. The highest BCUT2D eigenvalue weighted by Gasteiger charge is 2.11. The third kappa shape index (κ3) is 50.5. The topological polar surface area (TPSA) is 254 Å². The minimum atomic E-state index is -3.26. The fourth-order valence-electron chi connectivity index (χ4n) is 5.91. The first kappa shape index (κ1) is 32.2. The molecule has 0 saturated carbocycles. The van der Waals surface area contributed by atoms with Crippen molar-refractivity contribution >= 4 is 0 Å². The zero-order valence-corrected chi connectivity index (χ0v) is 52.2. The Morgan fingerprint density at radius 2 is 0.653 bits per heavy atom. The summed E-state index contributed by atoms with van der Waals surface area (Å²) in [5.74, 6) is -0.00533. The third-order valence-electron chi connectivity index (χ3n) is 10.3. The number of methoxy groups -OCH3 is 5. The number of hydrogen-bond acceptors (Lipinski definition) is 20. The van der Waals surface area contributed by atoms with Crippen LogP contribution in [0.25, 0.3) is 0 Å². The van der Waals surface area contributed by atoms with Crippen LogP contribution in [0.4, 0.5) is 0 Å². The number of ether oxygens (including phenoxy) is 10. The van der Waals surface area contributed by atoms with Gasteiger partial charge >= 0.3 is 0 Å². The van der Waals surface area contributed by atoms with E-state index in [0.717, 1.165) is 87.6 Å². The molecule has 95 heavy (non-hydrogen) atoms. The van der Waals surface area contributed by atoms with Gasteiger partial charge in [-0.05, 0) is 120 Å². The Kier molecular flexibility index (Phi) is 19.2. The van der Waals surface area contributed by atoms with Crippen molar-refractivity contribution in [3.05, 3.63) is 149 Å². The first-order chi connectivity index (χ1) is 68.0. The van der Waals surface area contributed by atoms with Crippen molar-refractivity contribution in [3.8, 4) is 28.7 Å². The Bertz CT molecular complexity index is 4830. The molecule has 0 aromatic heterocycles. The van der Waals surface area contributed by atoms with Gasteiger partial charge in [-0.15, -0.1) is 0 Å². The number of aliphatic hydroxyl groups excluding tert-OH is 4. The minimum absolute atomic E-state index is 0.0146. The summed E-state index contributed by atoms with van der Waals surface area (Å²) in [5, 5.41) is 60.9. The van der Waals surface area contributed by atoms with E-state index in [9.17, 15) is 25.5 Å². The molecule has 0 spiro atoms. The van der Waals surface area contributed by atoms with Gasteiger partial charge in [0.25, 0.3) is 0 Å². The summed E-state index contributed by atoms with van der Waals surface area (Å²) in [7, 11) is 1.47. The third-order valence-corrected chi connectivity index (χ3v) is 10.3. The highest BCUT2D eigenvalue weighted by atomic mass is 16.5. The first-order valence-corrected chi connectivity index (χ1v) is 27.9. The van der Waals surface area contributed by atoms with E-state index < -0.39 is 240 Å². The summed E-state index contributed by atoms with van der Waals surface area (Å²) in [6, 6.07) is 15.3. The molecule has 5 aromatic carbocycles. The highest BCUT2D eigenvalue weighted by Crippen LogP contribution is 2.17. The number of nitrogens with one attached hydrogen (secondary N) is 5. The average molecular weight is 1400 g/mol. The van der Waals surface area contributed by atoms with E-state index >= 15 is 0 Å². The van der Waals surface area contributed by atoms with E-state index in [1.807, 2.05) is 0 Å². The predicted octanol–water partition coefficient (Wildman–Crippen LogP) is 8.07. The van der Waals surface area contributed by atoms with Crippen molar-refractivity contribution in [2.45, 2.75) is 161 Å². The average Bonchev–Trinajstić information content (AvgIpc) is 0.778. The Hall–Kier alpha value is -5.50. The number of aryl methyl sites for hydroxylation is 4. The summed E-state index contributed by atoms with van der Waals surface area (Å²) in [4.78, 5) is 0. The normalized spacial score (nSPS) is 25.3. The molecule has 0 saturated heterocycles. The molecule has 0 bridgehead atoms. The van der Waals surface area contributed by atoms with Gasteiger partial charge in [-0.1, -0.05) is 129 Å². The van der Waals surface area contributed by atoms with Crippen molar-refractivity contribution < 1.29 is 152 Å². The van der Waals surface area contributed by atoms with Gasteiger partial charge in [0.15, 0.2) is 0 Å². The lowest BCUT2D eigenvalue weighted by Gasteiger charge is -2.15. The van der Waals surface area contributed by atoms with Crippen LogP contribution in [0, 0.1) is 0 Å². The SMILES string of the molecule is [2H]C(O)(CNC(C([2H])([2H])[2H])C([2H])([2H])[2H])COc1ccc(C([2H])([2H])C([2H])([2H])OC([2H])([2H])[2H])cc1.[2H]C([2H])([2H])C(NC([2H])([2H])C(O)C([2H])([2H])Oc1ccc(C([2H])([2H])C([2H])([2H])OC)cc1)C([2H])([2H])[2H].[2H]C([2H])([2H])C(NCC(O)C([2H])([2H])Oc1ccc(C([2H])([2H])C([2H])([2H])OC)cc1)C([2H])([2H])[2H].[2H]C([2H])([2H])C(NCC(O)C([2H])([2H])Oc1ccc(CCOC)cc1)C([2H])([2H])[2H].[2H]C([2H])([2H])C(NCC(O)COc1ccc(C([2H])([2H])C([2H])([2H])OC)cc1)C([2H])([2H])[2H]. The van der Waals surface area contributed by atoms with Gasteiger partial charge in [-0.3, -0.25) is 0 Å². The molecule has 0 fully saturated rings. The van der Waals surface area contributed by atoms with Crippen molar-refractivity contribution in [1.29, 1.82) is 0 Å². The summed E-state index contributed by atoms with van der Waals surface area (Å²) < 4.78 is 483.